The Morgan fingerprint density at radius 2 is 2.21 bits per heavy atom. The molecule has 0 radical (unpaired) electrons. The summed E-state index contributed by atoms with van der Waals surface area (Å²) in [4.78, 5) is 22.8. The van der Waals surface area contributed by atoms with Crippen molar-refractivity contribution in [2.24, 2.45) is 0 Å². The average Bonchev–Trinajstić information content (AvgIpc) is 2.42. The van der Waals surface area contributed by atoms with Crippen molar-refractivity contribution >= 4 is 11.9 Å². The second kappa shape index (κ2) is 8.91. The van der Waals surface area contributed by atoms with Crippen LogP contribution in [0.4, 0.5) is 0 Å². The Labute approximate surface area is 115 Å². The lowest BCUT2D eigenvalue weighted by molar-refractivity contribution is -0.142. The summed E-state index contributed by atoms with van der Waals surface area (Å²) < 4.78 is 0. The summed E-state index contributed by atoms with van der Waals surface area (Å²) in [7, 11) is 0. The van der Waals surface area contributed by atoms with Gasteiger partial charge in [0.15, 0.2) is 0 Å². The molecule has 1 fully saturated rings. The highest BCUT2D eigenvalue weighted by Crippen LogP contribution is 2.11. The predicted octanol–water partition coefficient (Wildman–Crippen LogP) is 1.67. The zero-order chi connectivity index (χ0) is 14.1. The van der Waals surface area contributed by atoms with Crippen molar-refractivity contribution in [2.45, 2.75) is 70.4 Å². The number of carbonyl (C=O) groups excluding carboxylic acids is 1. The standard InChI is InChI=1S/C14H26N2O3/c1-2-3-7-12(14(18)19)16-13(17)9-8-11-6-4-5-10-15-11/h11-12,15H,2-10H2,1H3,(H,16,17)(H,18,19). The van der Waals surface area contributed by atoms with E-state index in [1.807, 2.05) is 6.92 Å². The van der Waals surface area contributed by atoms with Crippen LogP contribution in [-0.4, -0.2) is 35.6 Å². The number of carbonyl (C=O) groups is 2. The molecule has 2 unspecified atom stereocenters. The van der Waals surface area contributed by atoms with Gasteiger partial charge in [0.1, 0.15) is 6.04 Å². The number of hydrogen-bond donors (Lipinski definition) is 3. The highest BCUT2D eigenvalue weighted by molar-refractivity contribution is 5.83. The van der Waals surface area contributed by atoms with Gasteiger partial charge in [0, 0.05) is 12.5 Å². The van der Waals surface area contributed by atoms with Gasteiger partial charge in [-0.15, -0.1) is 0 Å². The van der Waals surface area contributed by atoms with E-state index in [1.165, 1.54) is 12.8 Å². The summed E-state index contributed by atoms with van der Waals surface area (Å²) in [5.74, 6) is -1.08. The maximum Gasteiger partial charge on any atom is 0.326 e. The molecule has 5 heteroatoms. The first kappa shape index (κ1) is 16.0. The fourth-order valence-electron chi connectivity index (χ4n) is 2.41. The number of carboxylic acids is 1. The monoisotopic (exact) mass is 270 g/mol. The van der Waals surface area contributed by atoms with E-state index in [0.717, 1.165) is 32.2 Å². The second-order valence-corrected chi connectivity index (χ2v) is 5.29. The lowest BCUT2D eigenvalue weighted by Gasteiger charge is -2.23. The first-order valence-corrected chi connectivity index (χ1v) is 7.39. The highest BCUT2D eigenvalue weighted by atomic mass is 16.4. The number of piperidine rings is 1. The number of nitrogens with one attached hydrogen (secondary N) is 2. The smallest absolute Gasteiger partial charge is 0.326 e. The van der Waals surface area contributed by atoms with Crippen LogP contribution in [0.1, 0.15) is 58.3 Å². The Morgan fingerprint density at radius 1 is 1.42 bits per heavy atom. The van der Waals surface area contributed by atoms with E-state index >= 15 is 0 Å². The van der Waals surface area contributed by atoms with Gasteiger partial charge in [-0.2, -0.15) is 0 Å². The summed E-state index contributed by atoms with van der Waals surface area (Å²) in [6.07, 6.45) is 7.02. The molecule has 0 spiro atoms. The zero-order valence-electron chi connectivity index (χ0n) is 11.8. The Kier molecular flexibility index (Phi) is 7.48. The molecular weight excluding hydrogens is 244 g/mol. The minimum atomic E-state index is -0.933. The molecule has 1 amide bonds. The zero-order valence-corrected chi connectivity index (χ0v) is 11.8. The molecule has 1 saturated heterocycles. The van der Waals surface area contributed by atoms with E-state index in [-0.39, 0.29) is 5.91 Å². The third-order valence-electron chi connectivity index (χ3n) is 3.61. The molecule has 5 nitrogen and oxygen atoms in total. The third-order valence-corrected chi connectivity index (χ3v) is 3.61. The summed E-state index contributed by atoms with van der Waals surface area (Å²) >= 11 is 0. The van der Waals surface area contributed by atoms with Gasteiger partial charge in [0.2, 0.25) is 5.91 Å². The molecule has 1 rings (SSSR count). The van der Waals surface area contributed by atoms with Crippen LogP contribution in [0.3, 0.4) is 0 Å². The molecule has 2 atom stereocenters. The van der Waals surface area contributed by atoms with Crippen molar-refractivity contribution < 1.29 is 14.7 Å². The Hall–Kier alpha value is -1.10. The molecule has 1 aliphatic heterocycles. The van der Waals surface area contributed by atoms with Crippen LogP contribution in [0.2, 0.25) is 0 Å². The summed E-state index contributed by atoms with van der Waals surface area (Å²) in [5.41, 5.74) is 0. The van der Waals surface area contributed by atoms with Crippen molar-refractivity contribution in [1.29, 1.82) is 0 Å². The van der Waals surface area contributed by atoms with Crippen LogP contribution in [0.15, 0.2) is 0 Å². The van der Waals surface area contributed by atoms with Gasteiger partial charge in [-0.1, -0.05) is 26.2 Å². The molecule has 0 aromatic carbocycles. The Morgan fingerprint density at radius 3 is 2.79 bits per heavy atom. The lowest BCUT2D eigenvalue weighted by Crippen LogP contribution is -2.41. The molecule has 1 heterocycles. The molecule has 19 heavy (non-hydrogen) atoms. The second-order valence-electron chi connectivity index (χ2n) is 5.29. The van der Waals surface area contributed by atoms with E-state index in [0.29, 0.717) is 18.9 Å². The quantitative estimate of drug-likeness (QED) is 0.627. The van der Waals surface area contributed by atoms with Crippen molar-refractivity contribution in [1.82, 2.24) is 10.6 Å². The topological polar surface area (TPSA) is 78.4 Å². The minimum absolute atomic E-state index is 0.143. The van der Waals surface area contributed by atoms with E-state index in [4.69, 9.17) is 5.11 Å². The maximum absolute atomic E-state index is 11.8. The highest BCUT2D eigenvalue weighted by Gasteiger charge is 2.20. The van der Waals surface area contributed by atoms with Crippen LogP contribution >= 0.6 is 0 Å². The summed E-state index contributed by atoms with van der Waals surface area (Å²) in [6.45, 7) is 3.04. The molecule has 0 saturated carbocycles. The average molecular weight is 270 g/mol. The number of amides is 1. The molecule has 0 aliphatic carbocycles. The Bertz CT molecular complexity index is 288. The van der Waals surface area contributed by atoms with Gasteiger partial charge in [0.05, 0.1) is 0 Å². The van der Waals surface area contributed by atoms with Crippen LogP contribution in [0, 0.1) is 0 Å². The van der Waals surface area contributed by atoms with Gasteiger partial charge >= 0.3 is 5.97 Å². The summed E-state index contributed by atoms with van der Waals surface area (Å²) in [6, 6.07) is -0.315. The molecule has 1 aliphatic rings. The van der Waals surface area contributed by atoms with Crippen LogP contribution in [0.5, 0.6) is 0 Å². The lowest BCUT2D eigenvalue weighted by atomic mass is 10.0. The van der Waals surface area contributed by atoms with E-state index in [9.17, 15) is 9.59 Å². The summed E-state index contributed by atoms with van der Waals surface area (Å²) in [5, 5.41) is 15.1. The Balaban J connectivity index is 2.25. The van der Waals surface area contributed by atoms with Crippen molar-refractivity contribution in [3.05, 3.63) is 0 Å². The number of hydrogen-bond acceptors (Lipinski definition) is 3. The number of aliphatic carboxylic acids is 1. The molecule has 0 aromatic rings. The number of carboxylic acid groups (broad SMARTS) is 1. The van der Waals surface area contributed by atoms with Crippen molar-refractivity contribution in [2.75, 3.05) is 6.54 Å². The first-order valence-electron chi connectivity index (χ1n) is 7.39. The molecule has 0 bridgehead atoms. The van der Waals surface area contributed by atoms with E-state index in [2.05, 4.69) is 10.6 Å². The first-order chi connectivity index (χ1) is 9.13. The van der Waals surface area contributed by atoms with Crippen molar-refractivity contribution in [3.63, 3.8) is 0 Å². The fraction of sp³-hybridized carbons (Fsp3) is 0.857. The SMILES string of the molecule is CCCCC(NC(=O)CCC1CCCCN1)C(=O)O. The van der Waals surface area contributed by atoms with Crippen LogP contribution in [0.25, 0.3) is 0 Å². The molecule has 0 aromatic heterocycles. The van der Waals surface area contributed by atoms with Gasteiger partial charge < -0.3 is 15.7 Å². The largest absolute Gasteiger partial charge is 0.480 e. The molecule has 3 N–H and O–H groups in total. The van der Waals surface area contributed by atoms with Crippen molar-refractivity contribution in [3.8, 4) is 0 Å². The third kappa shape index (κ3) is 6.57. The van der Waals surface area contributed by atoms with Gasteiger partial charge in [-0.3, -0.25) is 4.79 Å². The predicted molar refractivity (Wildman–Crippen MR) is 74.0 cm³/mol. The van der Waals surface area contributed by atoms with Crippen LogP contribution < -0.4 is 10.6 Å². The van der Waals surface area contributed by atoms with E-state index < -0.39 is 12.0 Å². The number of unbranched alkanes of at least 4 members (excludes halogenated alkanes) is 1. The van der Waals surface area contributed by atoms with Gasteiger partial charge in [0.25, 0.3) is 0 Å². The van der Waals surface area contributed by atoms with Gasteiger partial charge in [-0.25, -0.2) is 4.79 Å². The normalized spacial score (nSPS) is 20.8. The molecular formula is C14H26N2O3. The molecule has 110 valence electrons. The van der Waals surface area contributed by atoms with Crippen LogP contribution in [-0.2, 0) is 9.59 Å². The number of rotatable bonds is 8. The fourth-order valence-corrected chi connectivity index (χ4v) is 2.41. The maximum atomic E-state index is 11.8. The minimum Gasteiger partial charge on any atom is -0.480 e. The van der Waals surface area contributed by atoms with E-state index in [1.54, 1.807) is 0 Å². The van der Waals surface area contributed by atoms with Gasteiger partial charge in [-0.05, 0) is 32.2 Å².